The van der Waals surface area contributed by atoms with Gasteiger partial charge in [0.2, 0.25) is 0 Å². The highest BCUT2D eigenvalue weighted by molar-refractivity contribution is 5.84. The Hall–Kier alpha value is -2.15. The monoisotopic (exact) mass is 295 g/mol. The van der Waals surface area contributed by atoms with Gasteiger partial charge in [-0.3, -0.25) is 0 Å². The molecule has 3 aromatic rings. The number of hydrogen-bond acceptors (Lipinski definition) is 1. The summed E-state index contributed by atoms with van der Waals surface area (Å²) < 4.78 is 46.1. The van der Waals surface area contributed by atoms with Crippen molar-refractivity contribution in [1.82, 2.24) is 4.98 Å². The summed E-state index contributed by atoms with van der Waals surface area (Å²) in [5.41, 5.74) is 3.09. The molecule has 1 heterocycles. The number of aryl methyl sites for hydroxylation is 2. The van der Waals surface area contributed by atoms with Gasteiger partial charge in [0.15, 0.2) is 0 Å². The Morgan fingerprint density at radius 2 is 1.77 bits per heavy atom. The van der Waals surface area contributed by atoms with E-state index in [1.165, 1.54) is 23.8 Å². The second kappa shape index (κ2) is 5.92. The fourth-order valence-electron chi connectivity index (χ4n) is 2.77. The standard InChI is InChI=1S/C21H23N/c1-14(2)10-17-6-5-7-21-19(17)8-9-20(22-21)18-12-15(3)11-16(4)13-18/h5-9,11-14H,10H2,1-4H3/i3D3,4D3. The van der Waals surface area contributed by atoms with Crippen LogP contribution in [0.3, 0.4) is 0 Å². The van der Waals surface area contributed by atoms with Crippen molar-refractivity contribution in [3.8, 4) is 11.3 Å². The summed E-state index contributed by atoms with van der Waals surface area (Å²) in [5.74, 6) is 0.517. The molecule has 0 unspecified atom stereocenters. The molecular formula is C21H23N. The summed E-state index contributed by atoms with van der Waals surface area (Å²) in [7, 11) is 0. The molecule has 0 saturated heterocycles. The molecule has 0 fully saturated rings. The predicted molar refractivity (Wildman–Crippen MR) is 95.2 cm³/mol. The molecule has 0 N–H and O–H groups in total. The molecule has 2 aromatic carbocycles. The molecule has 0 spiro atoms. The van der Waals surface area contributed by atoms with E-state index in [1.54, 1.807) is 0 Å². The predicted octanol–water partition coefficient (Wildman–Crippen LogP) is 5.72. The van der Waals surface area contributed by atoms with Gasteiger partial charge in [-0.05, 0) is 55.9 Å². The first-order valence-electron chi connectivity index (χ1n) is 10.5. The van der Waals surface area contributed by atoms with E-state index in [0.29, 0.717) is 17.2 Å². The van der Waals surface area contributed by atoms with Gasteiger partial charge in [-0.1, -0.05) is 49.2 Å². The smallest absolute Gasteiger partial charge is 0.0712 e. The highest BCUT2D eigenvalue weighted by Gasteiger charge is 2.07. The first-order valence-corrected chi connectivity index (χ1v) is 7.50. The van der Waals surface area contributed by atoms with Gasteiger partial charge in [-0.25, -0.2) is 4.98 Å². The Morgan fingerprint density at radius 3 is 2.45 bits per heavy atom. The zero-order valence-corrected chi connectivity index (χ0v) is 12.9. The van der Waals surface area contributed by atoms with Gasteiger partial charge >= 0.3 is 0 Å². The number of aromatic nitrogens is 1. The van der Waals surface area contributed by atoms with Crippen molar-refractivity contribution in [1.29, 1.82) is 0 Å². The average molecular weight is 295 g/mol. The van der Waals surface area contributed by atoms with Gasteiger partial charge in [-0.2, -0.15) is 0 Å². The summed E-state index contributed by atoms with van der Waals surface area (Å²) >= 11 is 0. The molecule has 22 heavy (non-hydrogen) atoms. The van der Waals surface area contributed by atoms with Crippen molar-refractivity contribution in [3.63, 3.8) is 0 Å². The molecule has 0 radical (unpaired) electrons. The molecule has 0 bridgehead atoms. The van der Waals surface area contributed by atoms with Crippen molar-refractivity contribution in [3.05, 3.63) is 65.2 Å². The molecule has 1 aromatic heterocycles. The fraction of sp³-hybridized carbons (Fsp3) is 0.286. The fourth-order valence-corrected chi connectivity index (χ4v) is 2.77. The van der Waals surface area contributed by atoms with Crippen LogP contribution in [0.1, 0.15) is 38.8 Å². The molecule has 0 aliphatic heterocycles. The lowest BCUT2D eigenvalue weighted by Gasteiger charge is -2.10. The van der Waals surface area contributed by atoms with E-state index < -0.39 is 13.7 Å². The normalized spacial score (nSPS) is 16.5. The molecule has 0 aliphatic carbocycles. The van der Waals surface area contributed by atoms with E-state index in [1.807, 2.05) is 24.3 Å². The number of hydrogen-bond donors (Lipinski definition) is 0. The third-order valence-electron chi connectivity index (χ3n) is 3.68. The minimum absolute atomic E-state index is 0.00609. The molecule has 3 rings (SSSR count). The van der Waals surface area contributed by atoms with Crippen LogP contribution in [-0.4, -0.2) is 4.98 Å². The van der Waals surface area contributed by atoms with E-state index >= 15 is 0 Å². The first-order chi connectivity index (χ1) is 12.9. The molecule has 0 aliphatic rings. The number of fused-ring (bicyclic) bond motifs is 1. The van der Waals surface area contributed by atoms with E-state index in [2.05, 4.69) is 19.9 Å². The van der Waals surface area contributed by atoms with E-state index in [9.17, 15) is 0 Å². The van der Waals surface area contributed by atoms with Crippen LogP contribution >= 0.6 is 0 Å². The number of pyridine rings is 1. The van der Waals surface area contributed by atoms with Crippen molar-refractivity contribution in [2.45, 2.75) is 34.0 Å². The summed E-state index contributed by atoms with van der Waals surface area (Å²) in [5, 5.41) is 1.06. The molecule has 0 atom stereocenters. The second-order valence-corrected chi connectivity index (χ2v) is 6.08. The maximum Gasteiger partial charge on any atom is 0.0712 e. The van der Waals surface area contributed by atoms with Crippen LogP contribution in [0, 0.1) is 19.6 Å². The SMILES string of the molecule is [2H]C([2H])([2H])c1cc(-c2ccc3c(CC(C)C)cccc3n2)cc(C([2H])([2H])[2H])c1. The van der Waals surface area contributed by atoms with Crippen LogP contribution < -0.4 is 0 Å². The molecule has 0 saturated carbocycles. The van der Waals surface area contributed by atoms with Crippen molar-refractivity contribution in [2.24, 2.45) is 5.92 Å². The van der Waals surface area contributed by atoms with E-state index in [4.69, 9.17) is 13.2 Å². The first kappa shape index (κ1) is 9.09. The second-order valence-electron chi connectivity index (χ2n) is 6.08. The summed E-state index contributed by atoms with van der Waals surface area (Å²) in [6, 6.07) is 14.0. The number of rotatable bonds is 3. The lowest BCUT2D eigenvalue weighted by molar-refractivity contribution is 0.650. The molecule has 0 amide bonds. The zero-order valence-electron chi connectivity index (χ0n) is 18.9. The van der Waals surface area contributed by atoms with Crippen LogP contribution in [0.2, 0.25) is 0 Å². The van der Waals surface area contributed by atoms with Gasteiger partial charge in [0.25, 0.3) is 0 Å². The molecule has 1 heteroatoms. The van der Waals surface area contributed by atoms with Crippen molar-refractivity contribution in [2.75, 3.05) is 0 Å². The van der Waals surface area contributed by atoms with E-state index in [0.717, 1.165) is 17.3 Å². The van der Waals surface area contributed by atoms with Gasteiger partial charge in [-0.15, -0.1) is 0 Å². The Balaban J connectivity index is 2.16. The van der Waals surface area contributed by atoms with Crippen LogP contribution in [0.5, 0.6) is 0 Å². The Bertz CT molecular complexity index is 970. The molecule has 112 valence electrons. The van der Waals surface area contributed by atoms with Crippen LogP contribution in [0.15, 0.2) is 48.5 Å². The lowest BCUT2D eigenvalue weighted by atomic mass is 9.98. The Kier molecular flexibility index (Phi) is 2.45. The van der Waals surface area contributed by atoms with E-state index in [-0.39, 0.29) is 11.1 Å². The summed E-state index contributed by atoms with van der Waals surface area (Å²) in [4.78, 5) is 4.69. The molecule has 1 nitrogen and oxygen atoms in total. The largest absolute Gasteiger partial charge is 0.248 e. The minimum Gasteiger partial charge on any atom is -0.248 e. The van der Waals surface area contributed by atoms with Gasteiger partial charge < -0.3 is 0 Å². The average Bonchev–Trinajstić information content (AvgIpc) is 2.59. The van der Waals surface area contributed by atoms with Gasteiger partial charge in [0.1, 0.15) is 0 Å². The minimum atomic E-state index is -2.39. The summed E-state index contributed by atoms with van der Waals surface area (Å²) in [6.45, 7) is -0.455. The maximum absolute atomic E-state index is 7.69. The summed E-state index contributed by atoms with van der Waals surface area (Å²) in [6.07, 6.45) is 0.941. The van der Waals surface area contributed by atoms with Gasteiger partial charge in [0, 0.05) is 19.2 Å². The Morgan fingerprint density at radius 1 is 1.00 bits per heavy atom. The van der Waals surface area contributed by atoms with Crippen molar-refractivity contribution < 1.29 is 8.22 Å². The topological polar surface area (TPSA) is 12.9 Å². The van der Waals surface area contributed by atoms with Crippen molar-refractivity contribution >= 4 is 10.9 Å². The van der Waals surface area contributed by atoms with Gasteiger partial charge in [0.05, 0.1) is 11.2 Å². The maximum atomic E-state index is 7.69. The highest BCUT2D eigenvalue weighted by atomic mass is 14.7. The molecular weight excluding hydrogens is 266 g/mol. The Labute approximate surface area is 141 Å². The van der Waals surface area contributed by atoms with Crippen LogP contribution in [0.4, 0.5) is 0 Å². The van der Waals surface area contributed by atoms with Crippen LogP contribution in [-0.2, 0) is 6.42 Å². The van der Waals surface area contributed by atoms with Crippen LogP contribution in [0.25, 0.3) is 22.2 Å². The highest BCUT2D eigenvalue weighted by Crippen LogP contribution is 2.26. The quantitative estimate of drug-likeness (QED) is 0.602. The lowest BCUT2D eigenvalue weighted by Crippen LogP contribution is -1.96. The zero-order chi connectivity index (χ0) is 20.7. The number of benzene rings is 2. The third-order valence-corrected chi connectivity index (χ3v) is 3.68. The third kappa shape index (κ3) is 3.04. The number of nitrogens with zero attached hydrogens (tertiary/aromatic N) is 1.